The molecular formula is C20H29N5O7. The molecule has 0 aromatic carbocycles. The van der Waals surface area contributed by atoms with Gasteiger partial charge in [0.2, 0.25) is 5.69 Å². The Morgan fingerprint density at radius 3 is 1.81 bits per heavy atom. The highest BCUT2D eigenvalue weighted by Gasteiger charge is 2.18. The second kappa shape index (κ2) is 12.5. The minimum absolute atomic E-state index is 0.198. The maximum atomic E-state index is 12.1. The van der Waals surface area contributed by atoms with Crippen LogP contribution in [-0.4, -0.2) is 112 Å². The van der Waals surface area contributed by atoms with E-state index in [2.05, 4.69) is 0 Å². The van der Waals surface area contributed by atoms with Crippen molar-refractivity contribution in [2.75, 3.05) is 58.9 Å². The Hall–Kier alpha value is -3.38. The topological polar surface area (TPSA) is 152 Å². The lowest BCUT2D eigenvalue weighted by Gasteiger charge is -2.31. The van der Waals surface area contributed by atoms with Crippen LogP contribution in [0.15, 0.2) is 36.8 Å². The van der Waals surface area contributed by atoms with Crippen molar-refractivity contribution in [1.82, 2.24) is 19.6 Å². The smallest absolute Gasteiger partial charge is 0.323 e. The molecule has 0 saturated heterocycles. The Balaban J connectivity index is 2.25. The summed E-state index contributed by atoms with van der Waals surface area (Å²) in [7, 11) is 0. The summed E-state index contributed by atoms with van der Waals surface area (Å²) in [5, 5.41) is 39.7. The van der Waals surface area contributed by atoms with E-state index in [1.807, 2.05) is 4.90 Å². The molecule has 0 aliphatic carbocycles. The summed E-state index contributed by atoms with van der Waals surface area (Å²) < 4.78 is 0.748. The van der Waals surface area contributed by atoms with E-state index < -0.39 is 17.9 Å². The molecule has 32 heavy (non-hydrogen) atoms. The zero-order valence-electron chi connectivity index (χ0n) is 17.7. The second-order valence-corrected chi connectivity index (χ2v) is 7.49. The summed E-state index contributed by atoms with van der Waals surface area (Å²) in [6, 6.07) is 5.05. The number of carbonyl (C=O) groups is 3. The van der Waals surface area contributed by atoms with Crippen molar-refractivity contribution in [3.8, 4) is 0 Å². The van der Waals surface area contributed by atoms with Crippen LogP contribution in [-0.2, 0) is 20.9 Å². The lowest BCUT2D eigenvalue weighted by Crippen LogP contribution is -2.45. The molecule has 0 radical (unpaired) electrons. The van der Waals surface area contributed by atoms with Crippen LogP contribution in [0, 0.1) is 5.21 Å². The first-order valence-corrected chi connectivity index (χ1v) is 10.2. The van der Waals surface area contributed by atoms with Crippen LogP contribution in [0.25, 0.3) is 0 Å². The number of rotatable bonds is 8. The lowest BCUT2D eigenvalue weighted by atomic mass is 10.3. The van der Waals surface area contributed by atoms with Gasteiger partial charge in [0.15, 0.2) is 6.20 Å². The van der Waals surface area contributed by atoms with E-state index in [9.17, 15) is 29.8 Å². The molecule has 12 nitrogen and oxygen atoms in total. The van der Waals surface area contributed by atoms with Gasteiger partial charge in [0, 0.05) is 63.8 Å². The molecule has 2 rings (SSSR count). The number of hydrogen-bond donors (Lipinski definition) is 3. The van der Waals surface area contributed by atoms with Crippen LogP contribution in [0.1, 0.15) is 5.69 Å². The van der Waals surface area contributed by atoms with E-state index in [4.69, 9.17) is 5.11 Å². The first-order chi connectivity index (χ1) is 15.2. The average molecular weight is 451 g/mol. The molecule has 12 heteroatoms. The van der Waals surface area contributed by atoms with Crippen LogP contribution in [0.2, 0.25) is 0 Å². The molecule has 1 aliphatic rings. The van der Waals surface area contributed by atoms with E-state index in [0.717, 1.165) is 4.73 Å². The van der Waals surface area contributed by atoms with Crippen LogP contribution < -0.4 is 4.73 Å². The predicted molar refractivity (Wildman–Crippen MR) is 112 cm³/mol. The fourth-order valence-corrected chi connectivity index (χ4v) is 3.31. The maximum absolute atomic E-state index is 12.1. The van der Waals surface area contributed by atoms with Crippen molar-refractivity contribution < 1.29 is 34.4 Å². The largest absolute Gasteiger partial charge is 0.618 e. The summed E-state index contributed by atoms with van der Waals surface area (Å²) in [4.78, 5) is 40.5. The van der Waals surface area contributed by atoms with Crippen molar-refractivity contribution in [3.05, 3.63) is 47.7 Å². The summed E-state index contributed by atoms with van der Waals surface area (Å²) in [5.74, 6) is -3.02. The maximum Gasteiger partial charge on any atom is 0.323 e. The molecule has 0 spiro atoms. The van der Waals surface area contributed by atoms with Gasteiger partial charge in [0.25, 0.3) is 0 Å². The minimum Gasteiger partial charge on any atom is -0.618 e. The number of aromatic nitrogens is 1. The van der Waals surface area contributed by atoms with Crippen molar-refractivity contribution in [3.63, 3.8) is 0 Å². The van der Waals surface area contributed by atoms with E-state index in [0.29, 0.717) is 38.4 Å². The van der Waals surface area contributed by atoms with E-state index in [-0.39, 0.29) is 32.7 Å². The fraction of sp³-hybridized carbons (Fsp3) is 0.500. The third kappa shape index (κ3) is 9.18. The highest BCUT2D eigenvalue weighted by atomic mass is 16.5. The van der Waals surface area contributed by atoms with Gasteiger partial charge in [-0.3, -0.25) is 24.2 Å². The second-order valence-electron chi connectivity index (χ2n) is 7.49. The SMILES string of the molecule is O=C(O)CN1/C=C\N(Cc2cccc[n+]2[O-])CCN(CC(=O)O)CCN(CC(=O)O)CC1. The predicted octanol–water partition coefficient (Wildman–Crippen LogP) is -1.23. The number of nitrogens with zero attached hydrogens (tertiary/aromatic N) is 5. The van der Waals surface area contributed by atoms with Crippen molar-refractivity contribution in [2.24, 2.45) is 0 Å². The molecule has 3 N–H and O–H groups in total. The standard InChI is InChI=1S/C20H29N5O7/c26-18(27)14-22-7-5-21(13-17-3-1-2-4-25(17)32)6-8-23(15-19(28)29)10-12-24(11-9-22)16-20(30)31/h1-5,7H,6,8-16H2,(H,26,27)(H,28,29)(H,30,31)/b7-5-. The number of carboxylic acids is 3. The Morgan fingerprint density at radius 2 is 1.28 bits per heavy atom. The molecule has 1 aromatic heterocycles. The van der Waals surface area contributed by atoms with Gasteiger partial charge < -0.3 is 30.3 Å². The van der Waals surface area contributed by atoms with Crippen molar-refractivity contribution in [2.45, 2.75) is 6.54 Å². The zero-order chi connectivity index (χ0) is 23.5. The van der Waals surface area contributed by atoms with E-state index >= 15 is 0 Å². The van der Waals surface area contributed by atoms with Crippen molar-refractivity contribution in [1.29, 1.82) is 0 Å². The third-order valence-electron chi connectivity index (χ3n) is 4.95. The van der Waals surface area contributed by atoms with Gasteiger partial charge in [-0.05, 0) is 6.07 Å². The van der Waals surface area contributed by atoms with Crippen LogP contribution in [0.4, 0.5) is 0 Å². The summed E-state index contributed by atoms with van der Waals surface area (Å²) in [6.07, 6.45) is 4.67. The molecule has 0 amide bonds. The molecule has 1 aliphatic heterocycles. The van der Waals surface area contributed by atoms with Crippen LogP contribution in [0.5, 0.6) is 0 Å². The van der Waals surface area contributed by atoms with E-state index in [1.54, 1.807) is 45.3 Å². The van der Waals surface area contributed by atoms with Gasteiger partial charge in [0.1, 0.15) is 13.1 Å². The van der Waals surface area contributed by atoms with Gasteiger partial charge >= 0.3 is 17.9 Å². The normalized spacial score (nSPS) is 17.9. The molecule has 0 unspecified atom stereocenters. The van der Waals surface area contributed by atoms with Gasteiger partial charge in [-0.25, -0.2) is 0 Å². The molecule has 0 atom stereocenters. The monoisotopic (exact) mass is 451 g/mol. The lowest BCUT2D eigenvalue weighted by molar-refractivity contribution is -0.615. The summed E-state index contributed by atoms with van der Waals surface area (Å²) in [5.41, 5.74) is 0.492. The molecule has 0 saturated carbocycles. The summed E-state index contributed by atoms with van der Waals surface area (Å²) >= 11 is 0. The third-order valence-corrected chi connectivity index (χ3v) is 4.95. The van der Waals surface area contributed by atoms with Crippen LogP contribution >= 0.6 is 0 Å². The number of hydrogen-bond acceptors (Lipinski definition) is 8. The molecule has 2 heterocycles. The van der Waals surface area contributed by atoms with Crippen LogP contribution in [0.3, 0.4) is 0 Å². The minimum atomic E-state index is -1.02. The molecular weight excluding hydrogens is 422 g/mol. The zero-order valence-corrected chi connectivity index (χ0v) is 17.7. The first-order valence-electron chi connectivity index (χ1n) is 10.2. The van der Waals surface area contributed by atoms with Gasteiger partial charge in [0.05, 0.1) is 13.1 Å². The van der Waals surface area contributed by atoms with E-state index in [1.165, 1.54) is 6.20 Å². The molecule has 1 aromatic rings. The first kappa shape index (κ1) is 24.9. The summed E-state index contributed by atoms with van der Waals surface area (Å²) in [6.45, 7) is 1.55. The quantitative estimate of drug-likeness (QED) is 0.322. The van der Waals surface area contributed by atoms with Gasteiger partial charge in [-0.1, -0.05) is 0 Å². The Morgan fingerprint density at radius 1 is 0.781 bits per heavy atom. The average Bonchev–Trinajstić information content (AvgIpc) is 2.70. The number of pyridine rings is 1. The van der Waals surface area contributed by atoms with Gasteiger partial charge in [-0.2, -0.15) is 4.73 Å². The highest BCUT2D eigenvalue weighted by molar-refractivity contribution is 5.70. The fourth-order valence-electron chi connectivity index (χ4n) is 3.31. The number of aliphatic carboxylic acids is 3. The molecule has 0 bridgehead atoms. The Bertz CT molecular complexity index is 819. The van der Waals surface area contributed by atoms with Gasteiger partial charge in [-0.15, -0.1) is 0 Å². The number of carboxylic acid groups (broad SMARTS) is 3. The molecule has 176 valence electrons. The Kier molecular flexibility index (Phi) is 9.70. The highest BCUT2D eigenvalue weighted by Crippen LogP contribution is 2.05. The Labute approximate surface area is 185 Å². The molecule has 0 fully saturated rings. The van der Waals surface area contributed by atoms with Crippen molar-refractivity contribution >= 4 is 17.9 Å².